The van der Waals surface area contributed by atoms with Crippen molar-refractivity contribution in [1.82, 2.24) is 0 Å². The van der Waals surface area contributed by atoms with Gasteiger partial charge in [-0.25, -0.2) is 0 Å². The topological polar surface area (TPSA) is 29.3 Å². The Balaban J connectivity index is 1.88. The van der Waals surface area contributed by atoms with Gasteiger partial charge in [0.2, 0.25) is 0 Å². The van der Waals surface area contributed by atoms with Crippen LogP contribution < -0.4 is 10.6 Å². The molecule has 0 aromatic heterocycles. The first-order valence-corrected chi connectivity index (χ1v) is 7.80. The molecule has 1 atom stereocenters. The average molecular weight is 301 g/mol. The third-order valence-corrected chi connectivity index (χ3v) is 4.73. The van der Waals surface area contributed by atoms with Crippen molar-refractivity contribution < 1.29 is 0 Å². The highest BCUT2D eigenvalue weighted by Crippen LogP contribution is 2.34. The zero-order chi connectivity index (χ0) is 14.9. The van der Waals surface area contributed by atoms with Gasteiger partial charge in [0.25, 0.3) is 0 Å². The van der Waals surface area contributed by atoms with E-state index in [0.29, 0.717) is 6.54 Å². The van der Waals surface area contributed by atoms with Gasteiger partial charge < -0.3 is 10.6 Å². The summed E-state index contributed by atoms with van der Waals surface area (Å²) >= 11 is 5.98. The van der Waals surface area contributed by atoms with Crippen molar-refractivity contribution in [3.63, 3.8) is 0 Å². The Kier molecular flexibility index (Phi) is 3.92. The molecule has 110 valence electrons. The molecule has 0 radical (unpaired) electrons. The maximum atomic E-state index is 6.15. The van der Waals surface area contributed by atoms with Crippen molar-refractivity contribution in [2.45, 2.75) is 25.3 Å². The van der Waals surface area contributed by atoms with Gasteiger partial charge in [0.05, 0.1) is 5.54 Å². The fourth-order valence-electron chi connectivity index (χ4n) is 3.22. The summed E-state index contributed by atoms with van der Waals surface area (Å²) in [7, 11) is 0. The molecule has 0 aliphatic carbocycles. The van der Waals surface area contributed by atoms with Gasteiger partial charge in [-0.3, -0.25) is 0 Å². The van der Waals surface area contributed by atoms with Crippen LogP contribution in [0, 0.1) is 0 Å². The van der Waals surface area contributed by atoms with E-state index in [1.165, 1.54) is 16.8 Å². The maximum absolute atomic E-state index is 6.15. The average Bonchev–Trinajstić information content (AvgIpc) is 2.94. The summed E-state index contributed by atoms with van der Waals surface area (Å²) in [6.45, 7) is 3.92. The van der Waals surface area contributed by atoms with Crippen LogP contribution in [0.25, 0.3) is 0 Å². The van der Waals surface area contributed by atoms with Crippen molar-refractivity contribution in [2.75, 3.05) is 18.0 Å². The number of nitrogens with zero attached hydrogens (tertiary/aromatic N) is 1. The zero-order valence-corrected chi connectivity index (χ0v) is 13.1. The first-order valence-electron chi connectivity index (χ1n) is 7.42. The summed E-state index contributed by atoms with van der Waals surface area (Å²) in [5.41, 5.74) is 10.1. The number of fused-ring (bicyclic) bond motifs is 1. The molecule has 1 aliphatic heterocycles. The molecule has 2 aromatic carbocycles. The van der Waals surface area contributed by atoms with Gasteiger partial charge >= 0.3 is 0 Å². The lowest BCUT2D eigenvalue weighted by Gasteiger charge is -2.40. The van der Waals surface area contributed by atoms with E-state index in [2.05, 4.69) is 48.2 Å². The van der Waals surface area contributed by atoms with Crippen LogP contribution in [0.1, 0.15) is 18.1 Å². The Morgan fingerprint density at radius 3 is 2.57 bits per heavy atom. The molecular weight excluding hydrogens is 280 g/mol. The van der Waals surface area contributed by atoms with Gasteiger partial charge in [-0.1, -0.05) is 41.9 Å². The standard InChI is InChI=1S/C18H21ClN2/c1-18(13-20,12-14-6-8-16(19)9-7-14)21-11-10-15-4-2-3-5-17(15)21/h2-9H,10-13,20H2,1H3. The molecule has 2 N–H and O–H groups in total. The summed E-state index contributed by atoms with van der Waals surface area (Å²) in [6, 6.07) is 16.7. The largest absolute Gasteiger partial charge is 0.364 e. The van der Waals surface area contributed by atoms with Crippen LogP contribution in [0.4, 0.5) is 5.69 Å². The molecule has 3 rings (SSSR count). The minimum Gasteiger partial charge on any atom is -0.364 e. The van der Waals surface area contributed by atoms with Gasteiger partial charge in [0, 0.05) is 23.8 Å². The van der Waals surface area contributed by atoms with Crippen molar-refractivity contribution in [1.29, 1.82) is 0 Å². The Morgan fingerprint density at radius 1 is 1.14 bits per heavy atom. The number of nitrogens with two attached hydrogens (primary N) is 1. The molecule has 1 aliphatic rings. The number of benzene rings is 2. The summed E-state index contributed by atoms with van der Waals surface area (Å²) in [5.74, 6) is 0. The van der Waals surface area contributed by atoms with Gasteiger partial charge in [-0.15, -0.1) is 0 Å². The van der Waals surface area contributed by atoms with E-state index in [0.717, 1.165) is 24.4 Å². The maximum Gasteiger partial charge on any atom is 0.0536 e. The van der Waals surface area contributed by atoms with Crippen LogP contribution in [0.2, 0.25) is 5.02 Å². The highest BCUT2D eigenvalue weighted by molar-refractivity contribution is 6.30. The lowest BCUT2D eigenvalue weighted by atomic mass is 9.90. The first kappa shape index (κ1) is 14.4. The van der Waals surface area contributed by atoms with E-state index in [1.807, 2.05) is 12.1 Å². The molecule has 0 fully saturated rings. The highest BCUT2D eigenvalue weighted by atomic mass is 35.5. The van der Waals surface area contributed by atoms with E-state index in [9.17, 15) is 0 Å². The van der Waals surface area contributed by atoms with Gasteiger partial charge in [0.1, 0.15) is 0 Å². The fraction of sp³-hybridized carbons (Fsp3) is 0.333. The van der Waals surface area contributed by atoms with Crippen molar-refractivity contribution >= 4 is 17.3 Å². The third kappa shape index (κ3) is 2.78. The monoisotopic (exact) mass is 300 g/mol. The van der Waals surface area contributed by atoms with E-state index in [4.69, 9.17) is 17.3 Å². The molecule has 2 nitrogen and oxygen atoms in total. The minimum atomic E-state index is -0.0690. The Morgan fingerprint density at radius 2 is 1.86 bits per heavy atom. The summed E-state index contributed by atoms with van der Waals surface area (Å²) in [4.78, 5) is 2.47. The zero-order valence-electron chi connectivity index (χ0n) is 12.3. The SMILES string of the molecule is CC(CN)(Cc1ccc(Cl)cc1)N1CCc2ccccc21. The van der Waals surface area contributed by atoms with E-state index in [1.54, 1.807) is 0 Å². The lowest BCUT2D eigenvalue weighted by Crippen LogP contribution is -2.52. The van der Waals surface area contributed by atoms with Gasteiger partial charge in [-0.2, -0.15) is 0 Å². The Hall–Kier alpha value is -1.51. The Labute approximate surface area is 131 Å². The van der Waals surface area contributed by atoms with Crippen molar-refractivity contribution in [3.05, 3.63) is 64.7 Å². The summed E-state index contributed by atoms with van der Waals surface area (Å²) < 4.78 is 0. The number of halogens is 1. The predicted octanol–water partition coefficient (Wildman–Crippen LogP) is 3.66. The fourth-order valence-corrected chi connectivity index (χ4v) is 3.34. The second kappa shape index (κ2) is 5.70. The van der Waals surface area contributed by atoms with E-state index < -0.39 is 0 Å². The van der Waals surface area contributed by atoms with Crippen LogP contribution in [-0.2, 0) is 12.8 Å². The lowest BCUT2D eigenvalue weighted by molar-refractivity contribution is 0.436. The quantitative estimate of drug-likeness (QED) is 0.933. The van der Waals surface area contributed by atoms with E-state index in [-0.39, 0.29) is 5.54 Å². The molecule has 0 saturated heterocycles. The molecule has 1 unspecified atom stereocenters. The van der Waals surface area contributed by atoms with Crippen LogP contribution in [0.5, 0.6) is 0 Å². The molecule has 0 amide bonds. The smallest absolute Gasteiger partial charge is 0.0536 e. The molecule has 3 heteroatoms. The molecule has 21 heavy (non-hydrogen) atoms. The number of rotatable bonds is 4. The molecule has 1 heterocycles. The van der Waals surface area contributed by atoms with Gasteiger partial charge in [0.15, 0.2) is 0 Å². The Bertz CT molecular complexity index is 623. The third-order valence-electron chi connectivity index (χ3n) is 4.48. The van der Waals surface area contributed by atoms with Gasteiger partial charge in [-0.05, 0) is 49.1 Å². The van der Waals surface area contributed by atoms with Crippen LogP contribution in [-0.4, -0.2) is 18.6 Å². The number of para-hydroxylation sites is 1. The van der Waals surface area contributed by atoms with Crippen LogP contribution in [0.3, 0.4) is 0 Å². The molecular formula is C18H21ClN2. The minimum absolute atomic E-state index is 0.0690. The number of hydrogen-bond acceptors (Lipinski definition) is 2. The van der Waals surface area contributed by atoms with E-state index >= 15 is 0 Å². The number of anilines is 1. The van der Waals surface area contributed by atoms with Crippen LogP contribution >= 0.6 is 11.6 Å². The second-order valence-electron chi connectivity index (χ2n) is 6.03. The normalized spacial score (nSPS) is 16.6. The summed E-state index contributed by atoms with van der Waals surface area (Å²) in [6.07, 6.45) is 2.03. The highest BCUT2D eigenvalue weighted by Gasteiger charge is 2.34. The second-order valence-corrected chi connectivity index (χ2v) is 6.47. The van der Waals surface area contributed by atoms with Crippen LogP contribution in [0.15, 0.2) is 48.5 Å². The molecule has 2 aromatic rings. The molecule has 0 saturated carbocycles. The van der Waals surface area contributed by atoms with Crippen molar-refractivity contribution in [3.8, 4) is 0 Å². The first-order chi connectivity index (χ1) is 10.1. The molecule has 0 bridgehead atoms. The molecule has 0 spiro atoms. The predicted molar refractivity (Wildman–Crippen MR) is 90.1 cm³/mol. The van der Waals surface area contributed by atoms with Crippen molar-refractivity contribution in [2.24, 2.45) is 5.73 Å². The number of hydrogen-bond donors (Lipinski definition) is 1. The summed E-state index contributed by atoms with van der Waals surface area (Å²) in [5, 5.41) is 0.778.